The van der Waals surface area contributed by atoms with Crippen LogP contribution in [0.4, 0.5) is 0 Å². The zero-order valence-electron chi connectivity index (χ0n) is 19.7. The molecule has 1 unspecified atom stereocenters. The van der Waals surface area contributed by atoms with Gasteiger partial charge in [0.2, 0.25) is 0 Å². The number of nitrogens with zero attached hydrogens (tertiary/aromatic N) is 1. The first-order valence-corrected chi connectivity index (χ1v) is 12.3. The van der Waals surface area contributed by atoms with E-state index in [1.54, 1.807) is 7.11 Å². The Morgan fingerprint density at radius 3 is 2.21 bits per heavy atom. The summed E-state index contributed by atoms with van der Waals surface area (Å²) in [6.07, 6.45) is 8.83. The Morgan fingerprint density at radius 1 is 0.848 bits per heavy atom. The zero-order valence-corrected chi connectivity index (χ0v) is 20.5. The maximum atomic E-state index is 5.48. The minimum absolute atomic E-state index is 0. The van der Waals surface area contributed by atoms with Crippen molar-refractivity contribution in [3.63, 3.8) is 0 Å². The van der Waals surface area contributed by atoms with Gasteiger partial charge >= 0.3 is 0 Å². The van der Waals surface area contributed by atoms with Crippen LogP contribution in [0, 0.1) is 0 Å². The number of piperidine rings is 1. The topological polar surface area (TPSA) is 12.5 Å². The summed E-state index contributed by atoms with van der Waals surface area (Å²) in [6.45, 7) is 2.40. The summed E-state index contributed by atoms with van der Waals surface area (Å²) in [7, 11) is 1.77. The number of aryl methyl sites for hydroxylation is 1. The maximum Gasteiger partial charge on any atom is 0.119 e. The molecule has 0 bridgehead atoms. The molecule has 0 aromatic heterocycles. The van der Waals surface area contributed by atoms with Crippen LogP contribution in [0.5, 0.6) is 5.75 Å². The SMILES string of the molecule is COc1ccc2c(c1)CCC1(CCCCN1CCC(c1ccccc1)c1ccccc1)C2.Cl. The molecule has 1 atom stereocenters. The Bertz CT molecular complexity index is 982. The van der Waals surface area contributed by atoms with Crippen LogP contribution in [0.3, 0.4) is 0 Å². The highest BCUT2D eigenvalue weighted by molar-refractivity contribution is 5.85. The molecule has 3 aromatic rings. The average molecular weight is 462 g/mol. The van der Waals surface area contributed by atoms with E-state index in [1.807, 2.05) is 0 Å². The van der Waals surface area contributed by atoms with Gasteiger partial charge in [-0.05, 0) is 86.0 Å². The fourth-order valence-electron chi connectivity index (χ4n) is 6.11. The Hall–Kier alpha value is -2.29. The fourth-order valence-corrected chi connectivity index (χ4v) is 6.11. The van der Waals surface area contributed by atoms with E-state index in [4.69, 9.17) is 4.74 Å². The second-order valence-corrected chi connectivity index (χ2v) is 9.64. The molecule has 1 spiro atoms. The quantitative estimate of drug-likeness (QED) is 0.389. The van der Waals surface area contributed by atoms with Crippen LogP contribution in [0.15, 0.2) is 78.9 Å². The smallest absolute Gasteiger partial charge is 0.119 e. The van der Waals surface area contributed by atoms with Crippen molar-refractivity contribution >= 4 is 12.4 Å². The molecule has 2 nitrogen and oxygen atoms in total. The van der Waals surface area contributed by atoms with Crippen molar-refractivity contribution in [1.29, 1.82) is 0 Å². The van der Waals surface area contributed by atoms with Gasteiger partial charge in [0.1, 0.15) is 5.75 Å². The molecule has 3 heteroatoms. The Balaban J connectivity index is 0.00000259. The normalized spacial score (nSPS) is 20.3. The van der Waals surface area contributed by atoms with Crippen molar-refractivity contribution in [2.45, 2.75) is 56.4 Å². The number of hydrogen-bond acceptors (Lipinski definition) is 2. The van der Waals surface area contributed by atoms with E-state index in [2.05, 4.69) is 83.8 Å². The molecule has 33 heavy (non-hydrogen) atoms. The van der Waals surface area contributed by atoms with Crippen molar-refractivity contribution < 1.29 is 4.74 Å². The van der Waals surface area contributed by atoms with Gasteiger partial charge in [0.15, 0.2) is 0 Å². The highest BCUT2D eigenvalue weighted by atomic mass is 35.5. The number of rotatable bonds is 6. The van der Waals surface area contributed by atoms with E-state index in [-0.39, 0.29) is 12.4 Å². The van der Waals surface area contributed by atoms with Gasteiger partial charge in [0.25, 0.3) is 0 Å². The van der Waals surface area contributed by atoms with Crippen molar-refractivity contribution in [1.82, 2.24) is 4.90 Å². The molecule has 5 rings (SSSR count). The van der Waals surface area contributed by atoms with Crippen molar-refractivity contribution in [3.05, 3.63) is 101 Å². The molecule has 1 aliphatic carbocycles. The number of halogens is 1. The number of fused-ring (bicyclic) bond motifs is 1. The molecule has 0 saturated carbocycles. The minimum atomic E-state index is 0. The molecular formula is C30H36ClNO. The van der Waals surface area contributed by atoms with E-state index >= 15 is 0 Å². The largest absolute Gasteiger partial charge is 0.497 e. The van der Waals surface area contributed by atoms with E-state index in [0.29, 0.717) is 11.5 Å². The van der Waals surface area contributed by atoms with Crippen LogP contribution in [-0.2, 0) is 12.8 Å². The number of hydrogen-bond donors (Lipinski definition) is 0. The van der Waals surface area contributed by atoms with Gasteiger partial charge in [-0.2, -0.15) is 0 Å². The summed E-state index contributed by atoms with van der Waals surface area (Å²) >= 11 is 0. The molecule has 3 aromatic carbocycles. The maximum absolute atomic E-state index is 5.48. The van der Waals surface area contributed by atoms with Gasteiger partial charge in [0.05, 0.1) is 7.11 Å². The van der Waals surface area contributed by atoms with Gasteiger partial charge in [0, 0.05) is 11.5 Å². The molecule has 0 N–H and O–H groups in total. The Kier molecular flexibility index (Phi) is 7.78. The summed E-state index contributed by atoms with van der Waals surface area (Å²) in [4.78, 5) is 2.86. The second kappa shape index (κ2) is 10.8. The van der Waals surface area contributed by atoms with E-state index in [0.717, 1.165) is 5.75 Å². The first-order valence-electron chi connectivity index (χ1n) is 12.3. The number of likely N-dealkylation sites (tertiary alicyclic amines) is 1. The predicted molar refractivity (Wildman–Crippen MR) is 140 cm³/mol. The summed E-state index contributed by atoms with van der Waals surface area (Å²) in [5.74, 6) is 1.45. The van der Waals surface area contributed by atoms with Gasteiger partial charge in [-0.3, -0.25) is 4.90 Å². The summed E-state index contributed by atoms with van der Waals surface area (Å²) in [5, 5.41) is 0. The van der Waals surface area contributed by atoms with Gasteiger partial charge in [-0.1, -0.05) is 73.2 Å². The number of ether oxygens (including phenoxy) is 1. The molecule has 0 amide bonds. The van der Waals surface area contributed by atoms with Gasteiger partial charge in [-0.15, -0.1) is 12.4 Å². The van der Waals surface area contributed by atoms with Crippen LogP contribution < -0.4 is 4.74 Å². The molecule has 1 heterocycles. The van der Waals surface area contributed by atoms with Gasteiger partial charge < -0.3 is 4.74 Å². The number of methoxy groups -OCH3 is 1. The van der Waals surface area contributed by atoms with E-state index in [9.17, 15) is 0 Å². The third-order valence-corrected chi connectivity index (χ3v) is 7.88. The summed E-state index contributed by atoms with van der Waals surface area (Å²) in [6, 6.07) is 28.9. The zero-order chi connectivity index (χ0) is 21.8. The summed E-state index contributed by atoms with van der Waals surface area (Å²) < 4.78 is 5.48. The average Bonchev–Trinajstić information content (AvgIpc) is 2.86. The highest BCUT2D eigenvalue weighted by Gasteiger charge is 2.41. The predicted octanol–water partition coefficient (Wildman–Crippen LogP) is 7.05. The lowest BCUT2D eigenvalue weighted by Gasteiger charge is -2.50. The van der Waals surface area contributed by atoms with E-state index in [1.165, 1.54) is 80.3 Å². The standard InChI is InChI=1S/C30H35NO.ClH/c1-32-28-15-14-27-23-30(19-16-26(27)22-28)18-8-9-20-31(30)21-17-29(24-10-4-2-5-11-24)25-12-6-3-7-13-25;/h2-7,10-15,22,29H,8-9,16-21,23H2,1H3;1H. The molecule has 174 valence electrons. The molecular weight excluding hydrogens is 426 g/mol. The van der Waals surface area contributed by atoms with Crippen LogP contribution >= 0.6 is 12.4 Å². The lowest BCUT2D eigenvalue weighted by Crippen LogP contribution is -2.55. The Morgan fingerprint density at radius 2 is 1.55 bits per heavy atom. The monoisotopic (exact) mass is 461 g/mol. The third-order valence-electron chi connectivity index (χ3n) is 7.88. The van der Waals surface area contributed by atoms with Crippen LogP contribution in [0.2, 0.25) is 0 Å². The van der Waals surface area contributed by atoms with Gasteiger partial charge in [-0.25, -0.2) is 0 Å². The lowest BCUT2D eigenvalue weighted by atomic mass is 9.72. The van der Waals surface area contributed by atoms with Crippen molar-refractivity contribution in [2.24, 2.45) is 0 Å². The van der Waals surface area contributed by atoms with Crippen LogP contribution in [-0.4, -0.2) is 30.6 Å². The van der Waals surface area contributed by atoms with Crippen LogP contribution in [0.1, 0.15) is 60.3 Å². The molecule has 0 radical (unpaired) electrons. The second-order valence-electron chi connectivity index (χ2n) is 9.64. The first-order chi connectivity index (χ1) is 15.8. The fraction of sp³-hybridized carbons (Fsp3) is 0.400. The minimum Gasteiger partial charge on any atom is -0.497 e. The van der Waals surface area contributed by atoms with Crippen LogP contribution in [0.25, 0.3) is 0 Å². The lowest BCUT2D eigenvalue weighted by molar-refractivity contribution is 0.0321. The van der Waals surface area contributed by atoms with E-state index < -0.39 is 0 Å². The first kappa shape index (κ1) is 23.9. The number of benzene rings is 3. The highest BCUT2D eigenvalue weighted by Crippen LogP contribution is 2.41. The molecule has 1 saturated heterocycles. The molecule has 1 fully saturated rings. The molecule has 2 aliphatic rings. The third kappa shape index (κ3) is 5.13. The van der Waals surface area contributed by atoms with Crippen molar-refractivity contribution in [3.8, 4) is 5.75 Å². The molecule has 1 aliphatic heterocycles. The summed E-state index contributed by atoms with van der Waals surface area (Å²) in [5.41, 5.74) is 6.23. The Labute approximate surface area is 205 Å². The van der Waals surface area contributed by atoms with Crippen molar-refractivity contribution in [2.75, 3.05) is 20.2 Å².